The van der Waals surface area contributed by atoms with E-state index in [4.69, 9.17) is 28.4 Å². The molecule has 1 aromatic carbocycles. The van der Waals surface area contributed by atoms with E-state index in [1.165, 1.54) is 19.1 Å². The van der Waals surface area contributed by atoms with Crippen LogP contribution < -0.4 is 0 Å². The lowest BCUT2D eigenvalue weighted by molar-refractivity contribution is -0.364. The fourth-order valence-corrected chi connectivity index (χ4v) is 8.17. The summed E-state index contributed by atoms with van der Waals surface area (Å²) >= 11 is 0. The average molecular weight is 705 g/mol. The van der Waals surface area contributed by atoms with Gasteiger partial charge in [0.15, 0.2) is 24.1 Å². The Morgan fingerprint density at radius 3 is 1.96 bits per heavy atom. The van der Waals surface area contributed by atoms with Crippen molar-refractivity contribution >= 4 is 41.4 Å². The smallest absolute Gasteiger partial charge is 0.338 e. The number of aliphatic hydroxyl groups excluding tert-OH is 1. The summed E-state index contributed by atoms with van der Waals surface area (Å²) in [4.78, 5) is 92.9. The Kier molecular flexibility index (Phi) is 10.7. The lowest BCUT2D eigenvalue weighted by Gasteiger charge is -2.66. The summed E-state index contributed by atoms with van der Waals surface area (Å²) in [5, 5.41) is 25.4. The fourth-order valence-electron chi connectivity index (χ4n) is 8.17. The van der Waals surface area contributed by atoms with Crippen LogP contribution >= 0.6 is 0 Å². The van der Waals surface area contributed by atoms with Crippen LogP contribution in [0.2, 0.25) is 0 Å². The molecule has 1 aromatic rings. The molecule has 0 aromatic heterocycles. The first kappa shape index (κ1) is 38.6. The van der Waals surface area contributed by atoms with Crippen molar-refractivity contribution in [2.75, 3.05) is 13.2 Å². The van der Waals surface area contributed by atoms with Gasteiger partial charge in [-0.2, -0.15) is 0 Å². The third-order valence-corrected chi connectivity index (χ3v) is 10.3. The van der Waals surface area contributed by atoms with Crippen molar-refractivity contribution in [2.45, 2.75) is 103 Å². The first-order valence-corrected chi connectivity index (χ1v) is 16.3. The van der Waals surface area contributed by atoms with Gasteiger partial charge >= 0.3 is 29.8 Å². The summed E-state index contributed by atoms with van der Waals surface area (Å²) in [5.41, 5.74) is -9.82. The molecule has 15 nitrogen and oxygen atoms in total. The molecule has 15 heteroatoms. The van der Waals surface area contributed by atoms with E-state index in [1.54, 1.807) is 32.0 Å². The number of aliphatic hydroxyl groups is 2. The van der Waals surface area contributed by atoms with Crippen LogP contribution in [-0.2, 0) is 57.2 Å². The molecule has 1 heterocycles. The van der Waals surface area contributed by atoms with Crippen LogP contribution in [0.4, 0.5) is 0 Å². The number of Topliss-reactive ketones (excluding diaryl/α,β-unsaturated/α-hetero) is 2. The molecule has 4 rings (SSSR count). The number of fused-ring (bicyclic) bond motifs is 1. The first-order valence-electron chi connectivity index (χ1n) is 16.3. The summed E-state index contributed by atoms with van der Waals surface area (Å²) in [5.74, 6) is -10.9. The molecule has 2 saturated carbocycles. The van der Waals surface area contributed by atoms with Gasteiger partial charge < -0.3 is 38.6 Å². The molecule has 11 unspecified atom stereocenters. The second-order valence-corrected chi connectivity index (χ2v) is 13.7. The van der Waals surface area contributed by atoms with E-state index >= 15 is 0 Å². The molecule has 3 aliphatic rings. The minimum atomic E-state index is -2.69. The highest BCUT2D eigenvalue weighted by Crippen LogP contribution is 2.69. The van der Waals surface area contributed by atoms with E-state index in [0.29, 0.717) is 0 Å². The number of benzene rings is 1. The lowest BCUT2D eigenvalue weighted by atomic mass is 9.43. The standard InChI is InChI=1S/C35H44O15/c1-9-17(2)25(40)23-27(47-19(4)37)30(49-21(6)39)34(16-45-18(3)36)29(48-20(5)38)26(41)24-28(42)35(34,33(23,8)44)50-32(24,7)15-46-31(43)22-13-11-10-12-14-22/h10-14,17,23-24,27-30,42,44H,9,15-16H2,1-8H3. The van der Waals surface area contributed by atoms with Crippen LogP contribution in [0.1, 0.15) is 72.2 Å². The molecule has 1 saturated heterocycles. The van der Waals surface area contributed by atoms with Gasteiger partial charge in [0.25, 0.3) is 0 Å². The molecule has 2 aliphatic carbocycles. The van der Waals surface area contributed by atoms with Crippen molar-refractivity contribution in [3.8, 4) is 0 Å². The van der Waals surface area contributed by atoms with Gasteiger partial charge in [-0.3, -0.25) is 28.8 Å². The number of hydrogen-bond acceptors (Lipinski definition) is 15. The largest absolute Gasteiger partial charge is 0.465 e. The Labute approximate surface area is 288 Å². The number of ketones is 2. The van der Waals surface area contributed by atoms with E-state index in [9.17, 15) is 43.8 Å². The highest BCUT2D eigenvalue weighted by atomic mass is 16.6. The molecular formula is C35H44O15. The maximum Gasteiger partial charge on any atom is 0.338 e. The monoisotopic (exact) mass is 704 g/mol. The lowest BCUT2D eigenvalue weighted by Crippen LogP contribution is -2.87. The van der Waals surface area contributed by atoms with Crippen molar-refractivity contribution in [2.24, 2.45) is 23.2 Å². The van der Waals surface area contributed by atoms with Crippen LogP contribution in [0.15, 0.2) is 30.3 Å². The van der Waals surface area contributed by atoms with Crippen LogP contribution in [0.5, 0.6) is 0 Å². The topological polar surface area (TPSA) is 215 Å². The second-order valence-electron chi connectivity index (χ2n) is 13.7. The van der Waals surface area contributed by atoms with Gasteiger partial charge in [0.1, 0.15) is 41.2 Å². The molecule has 1 aliphatic heterocycles. The Hall–Kier alpha value is -4.21. The van der Waals surface area contributed by atoms with Gasteiger partial charge in [-0.25, -0.2) is 4.79 Å². The van der Waals surface area contributed by atoms with Crippen molar-refractivity contribution in [1.82, 2.24) is 0 Å². The third kappa shape index (κ3) is 5.98. The van der Waals surface area contributed by atoms with Crippen LogP contribution in [0, 0.1) is 23.2 Å². The Bertz CT molecular complexity index is 1550. The Balaban J connectivity index is 2.10. The maximum absolute atomic E-state index is 14.7. The third-order valence-electron chi connectivity index (χ3n) is 10.3. The van der Waals surface area contributed by atoms with E-state index in [2.05, 4.69) is 0 Å². The van der Waals surface area contributed by atoms with Crippen molar-refractivity contribution in [3.63, 3.8) is 0 Å². The second kappa shape index (κ2) is 13.8. The maximum atomic E-state index is 14.7. The average Bonchev–Trinajstić information content (AvgIpc) is 3.24. The summed E-state index contributed by atoms with van der Waals surface area (Å²) < 4.78 is 34.8. The molecule has 2 bridgehead atoms. The molecule has 274 valence electrons. The molecule has 50 heavy (non-hydrogen) atoms. The SMILES string of the molecule is CCC(C)C(=O)C1C(OC(C)=O)C(OC(C)=O)C2(COC(C)=O)C(OC(C)=O)C(=O)C3C(O)C2(OC3(C)COC(=O)c2ccccc2)C1(C)O. The van der Waals surface area contributed by atoms with Crippen LogP contribution in [0.25, 0.3) is 0 Å². The van der Waals surface area contributed by atoms with Gasteiger partial charge in [0.05, 0.1) is 23.5 Å². The number of ether oxygens (including phenoxy) is 6. The van der Waals surface area contributed by atoms with E-state index in [1.807, 2.05) is 0 Å². The van der Waals surface area contributed by atoms with Crippen molar-refractivity contribution in [1.29, 1.82) is 0 Å². The predicted molar refractivity (Wildman–Crippen MR) is 168 cm³/mol. The Morgan fingerprint density at radius 2 is 1.44 bits per heavy atom. The summed E-state index contributed by atoms with van der Waals surface area (Å²) in [6.07, 6.45) is -7.91. The van der Waals surface area contributed by atoms with E-state index in [-0.39, 0.29) is 12.0 Å². The predicted octanol–water partition coefficient (Wildman–Crippen LogP) is 1.27. The highest BCUT2D eigenvalue weighted by molar-refractivity contribution is 5.94. The van der Waals surface area contributed by atoms with Gasteiger partial charge in [-0.05, 0) is 32.4 Å². The molecule has 3 fully saturated rings. The quantitative estimate of drug-likeness (QED) is 0.245. The van der Waals surface area contributed by atoms with Crippen molar-refractivity contribution < 1.29 is 72.2 Å². The molecule has 0 amide bonds. The van der Waals surface area contributed by atoms with Gasteiger partial charge in [0.2, 0.25) is 0 Å². The summed E-state index contributed by atoms with van der Waals surface area (Å²) in [7, 11) is 0. The minimum Gasteiger partial charge on any atom is -0.465 e. The summed E-state index contributed by atoms with van der Waals surface area (Å²) in [6, 6.07) is 7.83. The summed E-state index contributed by atoms with van der Waals surface area (Å²) in [6.45, 7) is 7.90. The normalized spacial score (nSPS) is 36.3. The number of rotatable bonds is 11. The fraction of sp³-hybridized carbons (Fsp3) is 0.629. The number of hydrogen-bond donors (Lipinski definition) is 2. The van der Waals surface area contributed by atoms with Crippen molar-refractivity contribution in [3.05, 3.63) is 35.9 Å². The first-order chi connectivity index (χ1) is 23.2. The minimum absolute atomic E-state index is 0.145. The van der Waals surface area contributed by atoms with E-state index in [0.717, 1.165) is 34.6 Å². The molecular weight excluding hydrogens is 660 g/mol. The number of carbonyl (C=O) groups excluding carboxylic acids is 7. The zero-order valence-electron chi connectivity index (χ0n) is 29.3. The van der Waals surface area contributed by atoms with E-state index < -0.39 is 119 Å². The zero-order chi connectivity index (χ0) is 37.6. The molecule has 2 N–H and O–H groups in total. The Morgan fingerprint density at radius 1 is 0.860 bits per heavy atom. The molecule has 11 atom stereocenters. The molecule has 0 radical (unpaired) electrons. The van der Waals surface area contributed by atoms with Crippen LogP contribution in [0.3, 0.4) is 0 Å². The van der Waals surface area contributed by atoms with Gasteiger partial charge in [0, 0.05) is 33.6 Å². The number of esters is 5. The van der Waals surface area contributed by atoms with Gasteiger partial charge in [-0.1, -0.05) is 32.0 Å². The highest BCUT2D eigenvalue weighted by Gasteiger charge is 2.90. The molecule has 1 spiro atoms. The van der Waals surface area contributed by atoms with Crippen LogP contribution in [-0.4, -0.2) is 106 Å². The zero-order valence-corrected chi connectivity index (χ0v) is 29.3. The number of carbonyl (C=O) groups is 7. The van der Waals surface area contributed by atoms with Gasteiger partial charge in [-0.15, -0.1) is 0 Å².